The number of rotatable bonds is 4. The maximum absolute atomic E-state index is 12.1. The Balaban J connectivity index is 1.35. The number of carbonyl (C=O) groups is 1. The van der Waals surface area contributed by atoms with Crippen LogP contribution in [0.5, 0.6) is 0 Å². The fourth-order valence-electron chi connectivity index (χ4n) is 4.20. The van der Waals surface area contributed by atoms with Crippen molar-refractivity contribution in [1.82, 2.24) is 10.2 Å². The SMILES string of the molecule is O=C(C[C@@H]1CCCOC1)NC1CCN(C2CCCC2)CC1. The highest BCUT2D eigenvalue weighted by Gasteiger charge is 2.28. The smallest absolute Gasteiger partial charge is 0.220 e. The van der Waals surface area contributed by atoms with Crippen LogP contribution in [0.4, 0.5) is 0 Å². The predicted octanol–water partition coefficient (Wildman–Crippen LogP) is 2.33. The Kier molecular flexibility index (Phi) is 5.53. The first kappa shape index (κ1) is 15.3. The molecular weight excluding hydrogens is 264 g/mol. The molecule has 2 heterocycles. The zero-order valence-electron chi connectivity index (χ0n) is 13.2. The zero-order valence-corrected chi connectivity index (χ0v) is 13.2. The Labute approximate surface area is 128 Å². The fourth-order valence-corrected chi connectivity index (χ4v) is 4.20. The van der Waals surface area contributed by atoms with Crippen LogP contribution in [0.25, 0.3) is 0 Å². The van der Waals surface area contributed by atoms with Crippen LogP contribution < -0.4 is 5.32 Å². The van der Waals surface area contributed by atoms with Crippen molar-refractivity contribution >= 4 is 5.91 Å². The Morgan fingerprint density at radius 1 is 1.05 bits per heavy atom. The summed E-state index contributed by atoms with van der Waals surface area (Å²) >= 11 is 0. The number of nitrogens with zero attached hydrogens (tertiary/aromatic N) is 1. The first-order chi connectivity index (χ1) is 10.3. The number of hydrogen-bond acceptors (Lipinski definition) is 3. The Morgan fingerprint density at radius 3 is 2.48 bits per heavy atom. The lowest BCUT2D eigenvalue weighted by Crippen LogP contribution is -2.47. The monoisotopic (exact) mass is 294 g/mol. The third-order valence-electron chi connectivity index (χ3n) is 5.46. The molecule has 3 fully saturated rings. The van der Waals surface area contributed by atoms with Crippen LogP contribution in [0.15, 0.2) is 0 Å². The molecule has 1 amide bonds. The summed E-state index contributed by atoms with van der Waals surface area (Å²) in [5, 5.41) is 3.26. The summed E-state index contributed by atoms with van der Waals surface area (Å²) in [5.74, 6) is 0.683. The highest BCUT2D eigenvalue weighted by molar-refractivity contribution is 5.76. The van der Waals surface area contributed by atoms with Crippen molar-refractivity contribution in [1.29, 1.82) is 0 Å². The van der Waals surface area contributed by atoms with Gasteiger partial charge in [-0.05, 0) is 44.4 Å². The maximum Gasteiger partial charge on any atom is 0.220 e. The molecule has 1 aliphatic carbocycles. The second kappa shape index (κ2) is 7.59. The third-order valence-corrected chi connectivity index (χ3v) is 5.46. The minimum atomic E-state index is 0.241. The van der Waals surface area contributed by atoms with Crippen molar-refractivity contribution in [2.75, 3.05) is 26.3 Å². The van der Waals surface area contributed by atoms with Gasteiger partial charge in [-0.15, -0.1) is 0 Å². The molecule has 1 saturated carbocycles. The highest BCUT2D eigenvalue weighted by Crippen LogP contribution is 2.26. The molecule has 4 heteroatoms. The number of carbonyl (C=O) groups excluding carboxylic acids is 1. The van der Waals surface area contributed by atoms with Crippen molar-refractivity contribution in [3.8, 4) is 0 Å². The number of hydrogen-bond donors (Lipinski definition) is 1. The normalized spacial score (nSPS) is 29.6. The van der Waals surface area contributed by atoms with E-state index >= 15 is 0 Å². The molecule has 2 saturated heterocycles. The van der Waals surface area contributed by atoms with E-state index in [0.717, 1.165) is 44.9 Å². The van der Waals surface area contributed by atoms with E-state index in [2.05, 4.69) is 10.2 Å². The van der Waals surface area contributed by atoms with E-state index in [1.165, 1.54) is 38.8 Å². The van der Waals surface area contributed by atoms with Crippen molar-refractivity contribution in [3.05, 3.63) is 0 Å². The van der Waals surface area contributed by atoms with Gasteiger partial charge in [0.2, 0.25) is 5.91 Å². The van der Waals surface area contributed by atoms with E-state index in [1.807, 2.05) is 0 Å². The molecule has 0 radical (unpaired) electrons. The van der Waals surface area contributed by atoms with Crippen LogP contribution in [0.1, 0.15) is 57.8 Å². The maximum atomic E-state index is 12.1. The molecular formula is C17H30N2O2. The van der Waals surface area contributed by atoms with E-state index in [9.17, 15) is 4.79 Å². The molecule has 3 rings (SSSR count). The first-order valence-corrected chi connectivity index (χ1v) is 8.92. The summed E-state index contributed by atoms with van der Waals surface area (Å²) in [5.41, 5.74) is 0. The standard InChI is InChI=1S/C17H30N2O2/c20-17(12-14-4-3-11-21-13-14)18-15-7-9-19(10-8-15)16-5-1-2-6-16/h14-16H,1-13H2,(H,18,20)/t14-/m0/s1. The summed E-state index contributed by atoms with van der Waals surface area (Å²) in [7, 11) is 0. The molecule has 0 bridgehead atoms. The van der Waals surface area contributed by atoms with Crippen LogP contribution >= 0.6 is 0 Å². The minimum absolute atomic E-state index is 0.241. The lowest BCUT2D eigenvalue weighted by Gasteiger charge is -2.36. The van der Waals surface area contributed by atoms with Crippen LogP contribution in [-0.2, 0) is 9.53 Å². The van der Waals surface area contributed by atoms with Crippen LogP contribution in [0.2, 0.25) is 0 Å². The topological polar surface area (TPSA) is 41.6 Å². The van der Waals surface area contributed by atoms with Gasteiger partial charge in [0.25, 0.3) is 0 Å². The van der Waals surface area contributed by atoms with Gasteiger partial charge in [-0.3, -0.25) is 4.79 Å². The Morgan fingerprint density at radius 2 is 1.81 bits per heavy atom. The van der Waals surface area contributed by atoms with E-state index in [1.54, 1.807) is 0 Å². The largest absolute Gasteiger partial charge is 0.381 e. The average Bonchev–Trinajstić information content (AvgIpc) is 3.03. The van der Waals surface area contributed by atoms with Crippen LogP contribution in [0.3, 0.4) is 0 Å². The van der Waals surface area contributed by atoms with E-state index in [4.69, 9.17) is 4.74 Å². The van der Waals surface area contributed by atoms with Gasteiger partial charge in [-0.1, -0.05) is 12.8 Å². The number of nitrogens with one attached hydrogen (secondary N) is 1. The quantitative estimate of drug-likeness (QED) is 0.865. The van der Waals surface area contributed by atoms with Crippen LogP contribution in [0, 0.1) is 5.92 Å². The van der Waals surface area contributed by atoms with Gasteiger partial charge in [0.1, 0.15) is 0 Å². The molecule has 0 aromatic heterocycles. The van der Waals surface area contributed by atoms with Gasteiger partial charge in [-0.25, -0.2) is 0 Å². The van der Waals surface area contributed by atoms with Gasteiger partial charge in [0, 0.05) is 44.8 Å². The third kappa shape index (κ3) is 4.43. The Bertz CT molecular complexity index is 328. The van der Waals surface area contributed by atoms with Crippen molar-refractivity contribution in [2.24, 2.45) is 5.92 Å². The molecule has 1 N–H and O–H groups in total. The first-order valence-electron chi connectivity index (χ1n) is 8.92. The summed E-state index contributed by atoms with van der Waals surface area (Å²) < 4.78 is 5.46. The van der Waals surface area contributed by atoms with Gasteiger partial charge >= 0.3 is 0 Å². The molecule has 3 aliphatic rings. The Hall–Kier alpha value is -0.610. The number of piperidine rings is 1. The second-order valence-corrected chi connectivity index (χ2v) is 7.10. The second-order valence-electron chi connectivity index (χ2n) is 7.10. The molecule has 21 heavy (non-hydrogen) atoms. The van der Waals surface area contributed by atoms with Crippen molar-refractivity contribution < 1.29 is 9.53 Å². The summed E-state index contributed by atoms with van der Waals surface area (Å²) in [6.45, 7) is 3.98. The van der Waals surface area contributed by atoms with E-state index < -0.39 is 0 Å². The molecule has 2 aliphatic heterocycles. The number of likely N-dealkylation sites (tertiary alicyclic amines) is 1. The zero-order chi connectivity index (χ0) is 14.5. The summed E-state index contributed by atoms with van der Waals surface area (Å²) in [6, 6.07) is 1.24. The van der Waals surface area contributed by atoms with Gasteiger partial charge in [0.15, 0.2) is 0 Å². The summed E-state index contributed by atoms with van der Waals surface area (Å²) in [4.78, 5) is 14.8. The molecule has 0 unspecified atom stereocenters. The molecule has 0 aromatic rings. The van der Waals surface area contributed by atoms with Gasteiger partial charge < -0.3 is 15.0 Å². The molecule has 0 spiro atoms. The van der Waals surface area contributed by atoms with Crippen molar-refractivity contribution in [3.63, 3.8) is 0 Å². The number of amides is 1. The molecule has 0 aromatic carbocycles. The fraction of sp³-hybridized carbons (Fsp3) is 0.941. The lowest BCUT2D eigenvalue weighted by molar-refractivity contribution is -0.124. The van der Waals surface area contributed by atoms with Crippen LogP contribution in [-0.4, -0.2) is 49.2 Å². The van der Waals surface area contributed by atoms with Gasteiger partial charge in [0.05, 0.1) is 0 Å². The predicted molar refractivity (Wildman–Crippen MR) is 83.2 cm³/mol. The average molecular weight is 294 g/mol. The molecule has 1 atom stereocenters. The lowest BCUT2D eigenvalue weighted by atomic mass is 9.97. The van der Waals surface area contributed by atoms with E-state index in [0.29, 0.717) is 18.4 Å². The minimum Gasteiger partial charge on any atom is -0.381 e. The highest BCUT2D eigenvalue weighted by atomic mass is 16.5. The summed E-state index contributed by atoms with van der Waals surface area (Å²) in [6.07, 6.45) is 10.8. The molecule has 120 valence electrons. The van der Waals surface area contributed by atoms with Gasteiger partial charge in [-0.2, -0.15) is 0 Å². The van der Waals surface area contributed by atoms with Crippen molar-refractivity contribution in [2.45, 2.75) is 69.9 Å². The number of ether oxygens (including phenoxy) is 1. The van der Waals surface area contributed by atoms with E-state index in [-0.39, 0.29) is 5.91 Å². The molecule has 4 nitrogen and oxygen atoms in total.